The van der Waals surface area contributed by atoms with E-state index in [1.165, 1.54) is 0 Å². The summed E-state index contributed by atoms with van der Waals surface area (Å²) in [7, 11) is 4.73. The van der Waals surface area contributed by atoms with Crippen LogP contribution in [0.25, 0.3) is 11.3 Å². The first kappa shape index (κ1) is 23.2. The molecule has 34 heavy (non-hydrogen) atoms. The molecule has 1 aliphatic heterocycles. The monoisotopic (exact) mass is 463 g/mol. The van der Waals surface area contributed by atoms with Gasteiger partial charge >= 0.3 is 6.03 Å². The molecule has 1 aromatic heterocycles. The number of nitrogens with one attached hydrogen (secondary N) is 1. The number of aromatic nitrogens is 2. The molecule has 0 radical (unpaired) electrons. The van der Waals surface area contributed by atoms with Crippen molar-refractivity contribution in [1.29, 1.82) is 0 Å². The number of rotatable bonds is 6. The van der Waals surface area contributed by atoms with E-state index >= 15 is 0 Å². The minimum Gasteiger partial charge on any atom is -0.493 e. The van der Waals surface area contributed by atoms with Crippen LogP contribution >= 0.6 is 0 Å². The first-order chi connectivity index (χ1) is 16.5. The van der Waals surface area contributed by atoms with Crippen LogP contribution in [0.5, 0.6) is 17.2 Å². The fraction of sp³-hybridized carbons (Fsp3) is 0.320. The van der Waals surface area contributed by atoms with Gasteiger partial charge in [-0.25, -0.2) is 4.79 Å². The predicted octanol–water partition coefficient (Wildman–Crippen LogP) is 3.83. The molecular formula is C25H29N5O4. The van der Waals surface area contributed by atoms with E-state index in [2.05, 4.69) is 20.4 Å². The maximum absolute atomic E-state index is 12.6. The Morgan fingerprint density at radius 2 is 1.50 bits per heavy atom. The smallest absolute Gasteiger partial charge is 0.321 e. The van der Waals surface area contributed by atoms with E-state index in [0.717, 1.165) is 22.6 Å². The lowest BCUT2D eigenvalue weighted by molar-refractivity contribution is 0.208. The third kappa shape index (κ3) is 4.98. The maximum Gasteiger partial charge on any atom is 0.321 e. The molecule has 0 unspecified atom stereocenters. The fourth-order valence-corrected chi connectivity index (χ4v) is 3.85. The first-order valence-corrected chi connectivity index (χ1v) is 11.0. The lowest BCUT2D eigenvalue weighted by atomic mass is 10.1. The van der Waals surface area contributed by atoms with Gasteiger partial charge in [-0.1, -0.05) is 17.7 Å². The molecule has 2 amide bonds. The average Bonchev–Trinajstić information content (AvgIpc) is 2.89. The summed E-state index contributed by atoms with van der Waals surface area (Å²) >= 11 is 0. The van der Waals surface area contributed by atoms with Crippen LogP contribution < -0.4 is 24.4 Å². The minimum atomic E-state index is -0.0904. The number of hydrogen-bond donors (Lipinski definition) is 1. The van der Waals surface area contributed by atoms with Gasteiger partial charge in [0.2, 0.25) is 5.75 Å². The Hall–Kier alpha value is -4.01. The van der Waals surface area contributed by atoms with Crippen molar-refractivity contribution in [3.8, 4) is 28.5 Å². The molecule has 2 heterocycles. The lowest BCUT2D eigenvalue weighted by Gasteiger charge is -2.35. The highest BCUT2D eigenvalue weighted by Crippen LogP contribution is 2.40. The van der Waals surface area contributed by atoms with Gasteiger partial charge in [0.25, 0.3) is 0 Å². The molecule has 4 rings (SSSR count). The van der Waals surface area contributed by atoms with Crippen LogP contribution in [-0.2, 0) is 0 Å². The molecule has 1 fully saturated rings. The Labute approximate surface area is 199 Å². The second-order valence-corrected chi connectivity index (χ2v) is 7.96. The number of piperazine rings is 1. The molecule has 1 aliphatic rings. The van der Waals surface area contributed by atoms with E-state index < -0.39 is 0 Å². The number of benzene rings is 2. The minimum absolute atomic E-state index is 0.0904. The Morgan fingerprint density at radius 1 is 0.853 bits per heavy atom. The van der Waals surface area contributed by atoms with Crippen molar-refractivity contribution in [3.63, 3.8) is 0 Å². The molecule has 0 bridgehead atoms. The third-order valence-corrected chi connectivity index (χ3v) is 5.80. The SMILES string of the molecule is COc1cc(-c2ccc(N3CCN(C(=O)Nc4ccc(C)cc4)CC3)nn2)cc(OC)c1OC. The molecule has 3 aromatic rings. The van der Waals surface area contributed by atoms with Crippen molar-refractivity contribution < 1.29 is 19.0 Å². The van der Waals surface area contributed by atoms with E-state index in [1.807, 2.05) is 60.4 Å². The topological polar surface area (TPSA) is 89.1 Å². The van der Waals surface area contributed by atoms with Crippen LogP contribution in [0.4, 0.5) is 16.3 Å². The number of carbonyl (C=O) groups is 1. The molecule has 9 nitrogen and oxygen atoms in total. The number of hydrogen-bond acceptors (Lipinski definition) is 7. The van der Waals surface area contributed by atoms with Gasteiger partial charge in [0.15, 0.2) is 17.3 Å². The molecule has 0 aliphatic carbocycles. The molecule has 178 valence electrons. The standard InChI is InChI=1S/C25H29N5O4/c1-17-5-7-19(8-6-17)26-25(31)30-13-11-29(12-14-30)23-10-9-20(27-28-23)18-15-21(32-2)24(34-4)22(16-18)33-3/h5-10,15-16H,11-14H2,1-4H3,(H,26,31). The molecule has 1 saturated heterocycles. The second kappa shape index (κ2) is 10.3. The number of amides is 2. The quantitative estimate of drug-likeness (QED) is 0.594. The Kier molecular flexibility index (Phi) is 7.01. The van der Waals surface area contributed by atoms with Crippen LogP contribution in [0.3, 0.4) is 0 Å². The molecule has 0 spiro atoms. The van der Waals surface area contributed by atoms with Crippen molar-refractivity contribution in [1.82, 2.24) is 15.1 Å². The number of urea groups is 1. The van der Waals surface area contributed by atoms with Crippen molar-refractivity contribution in [2.45, 2.75) is 6.92 Å². The molecule has 0 atom stereocenters. The zero-order valence-corrected chi connectivity index (χ0v) is 19.9. The zero-order valence-electron chi connectivity index (χ0n) is 19.9. The van der Waals surface area contributed by atoms with Crippen LogP contribution in [0.2, 0.25) is 0 Å². The molecule has 0 saturated carbocycles. The Morgan fingerprint density at radius 3 is 2.03 bits per heavy atom. The Bertz CT molecular complexity index is 1100. The third-order valence-electron chi connectivity index (χ3n) is 5.80. The number of anilines is 2. The van der Waals surface area contributed by atoms with Gasteiger partial charge in [0, 0.05) is 37.4 Å². The van der Waals surface area contributed by atoms with Crippen LogP contribution in [0, 0.1) is 6.92 Å². The maximum atomic E-state index is 12.6. The number of ether oxygens (including phenoxy) is 3. The zero-order chi connectivity index (χ0) is 24.1. The highest BCUT2D eigenvalue weighted by atomic mass is 16.5. The van der Waals surface area contributed by atoms with Gasteiger partial charge in [0.1, 0.15) is 0 Å². The molecule has 9 heteroatoms. The first-order valence-electron chi connectivity index (χ1n) is 11.0. The number of methoxy groups -OCH3 is 3. The van der Waals surface area contributed by atoms with Crippen LogP contribution in [0.1, 0.15) is 5.56 Å². The summed E-state index contributed by atoms with van der Waals surface area (Å²) in [5, 5.41) is 11.8. The normalized spacial score (nSPS) is 13.4. The summed E-state index contributed by atoms with van der Waals surface area (Å²) in [6.07, 6.45) is 0. The van der Waals surface area contributed by atoms with Gasteiger partial charge in [0.05, 0.1) is 27.0 Å². The van der Waals surface area contributed by atoms with E-state index in [4.69, 9.17) is 14.2 Å². The summed E-state index contributed by atoms with van der Waals surface area (Å²) < 4.78 is 16.3. The van der Waals surface area contributed by atoms with Gasteiger partial charge in [-0.2, -0.15) is 0 Å². The number of nitrogens with zero attached hydrogens (tertiary/aromatic N) is 4. The fourth-order valence-electron chi connectivity index (χ4n) is 3.85. The van der Waals surface area contributed by atoms with Crippen LogP contribution in [-0.4, -0.2) is 68.6 Å². The van der Waals surface area contributed by atoms with E-state index in [0.29, 0.717) is 49.1 Å². The second-order valence-electron chi connectivity index (χ2n) is 7.96. The lowest BCUT2D eigenvalue weighted by Crippen LogP contribution is -2.50. The van der Waals surface area contributed by atoms with Crippen molar-refractivity contribution in [2.75, 3.05) is 57.7 Å². The van der Waals surface area contributed by atoms with Gasteiger partial charge in [-0.15, -0.1) is 10.2 Å². The summed E-state index contributed by atoms with van der Waals surface area (Å²) in [5.41, 5.74) is 3.46. The largest absolute Gasteiger partial charge is 0.493 e. The highest BCUT2D eigenvalue weighted by Gasteiger charge is 2.22. The van der Waals surface area contributed by atoms with Crippen molar-refractivity contribution in [3.05, 3.63) is 54.1 Å². The summed E-state index contributed by atoms with van der Waals surface area (Å²) in [6, 6.07) is 15.2. The van der Waals surface area contributed by atoms with Gasteiger partial charge in [-0.05, 0) is 43.3 Å². The van der Waals surface area contributed by atoms with Crippen LogP contribution in [0.15, 0.2) is 48.5 Å². The number of carbonyl (C=O) groups excluding carboxylic acids is 1. The van der Waals surface area contributed by atoms with Crippen molar-refractivity contribution in [2.24, 2.45) is 0 Å². The van der Waals surface area contributed by atoms with E-state index in [-0.39, 0.29) is 6.03 Å². The van der Waals surface area contributed by atoms with Gasteiger partial charge in [-0.3, -0.25) is 0 Å². The molecular weight excluding hydrogens is 434 g/mol. The van der Waals surface area contributed by atoms with Crippen molar-refractivity contribution >= 4 is 17.5 Å². The average molecular weight is 464 g/mol. The Balaban J connectivity index is 1.40. The number of aryl methyl sites for hydroxylation is 1. The van der Waals surface area contributed by atoms with Gasteiger partial charge < -0.3 is 29.3 Å². The predicted molar refractivity (Wildman–Crippen MR) is 131 cm³/mol. The summed E-state index contributed by atoms with van der Waals surface area (Å²) in [6.45, 7) is 4.59. The summed E-state index contributed by atoms with van der Waals surface area (Å²) in [5.74, 6) is 2.42. The van der Waals surface area contributed by atoms with E-state index in [9.17, 15) is 4.79 Å². The summed E-state index contributed by atoms with van der Waals surface area (Å²) in [4.78, 5) is 16.5. The molecule has 1 N–H and O–H groups in total. The van der Waals surface area contributed by atoms with E-state index in [1.54, 1.807) is 21.3 Å². The highest BCUT2D eigenvalue weighted by molar-refractivity contribution is 5.89. The molecule has 2 aromatic carbocycles.